The number of nitrogens with one attached hydrogen (secondary N) is 1. The van der Waals surface area contributed by atoms with Crippen molar-refractivity contribution >= 4 is 0 Å². The fraction of sp³-hybridized carbons (Fsp3) is 0.625. The Morgan fingerprint density at radius 1 is 1.18 bits per heavy atom. The van der Waals surface area contributed by atoms with Crippen molar-refractivity contribution in [3.8, 4) is 0 Å². The second kappa shape index (κ2) is 6.80. The highest BCUT2D eigenvalue weighted by atomic mass is 14.9. The van der Waals surface area contributed by atoms with Crippen LogP contribution in [0.4, 0.5) is 0 Å². The van der Waals surface area contributed by atoms with E-state index in [1.165, 1.54) is 37.8 Å². The van der Waals surface area contributed by atoms with E-state index in [0.717, 1.165) is 24.8 Å². The van der Waals surface area contributed by atoms with Gasteiger partial charge >= 0.3 is 0 Å². The molecule has 1 nitrogen and oxygen atoms in total. The van der Waals surface area contributed by atoms with E-state index in [0.29, 0.717) is 0 Å². The SMILES string of the molecule is CC1CCCC(CNCCc2ccccc2)C1. The summed E-state index contributed by atoms with van der Waals surface area (Å²) in [4.78, 5) is 0. The van der Waals surface area contributed by atoms with Crippen molar-refractivity contribution < 1.29 is 0 Å². The average Bonchev–Trinajstić information content (AvgIpc) is 2.36. The van der Waals surface area contributed by atoms with Crippen molar-refractivity contribution in [3.05, 3.63) is 35.9 Å². The molecule has 0 amide bonds. The second-order valence-corrected chi connectivity index (χ2v) is 5.58. The monoisotopic (exact) mass is 231 g/mol. The minimum absolute atomic E-state index is 0.925. The van der Waals surface area contributed by atoms with E-state index in [1.807, 2.05) is 0 Å². The minimum atomic E-state index is 0.925. The van der Waals surface area contributed by atoms with Crippen LogP contribution in [0.5, 0.6) is 0 Å². The summed E-state index contributed by atoms with van der Waals surface area (Å²) in [5.74, 6) is 1.87. The Morgan fingerprint density at radius 3 is 2.76 bits per heavy atom. The van der Waals surface area contributed by atoms with Gasteiger partial charge in [-0.25, -0.2) is 0 Å². The van der Waals surface area contributed by atoms with Gasteiger partial charge in [-0.05, 0) is 49.8 Å². The fourth-order valence-corrected chi connectivity index (χ4v) is 2.93. The minimum Gasteiger partial charge on any atom is -0.316 e. The number of hydrogen-bond acceptors (Lipinski definition) is 1. The average molecular weight is 231 g/mol. The molecule has 0 radical (unpaired) electrons. The molecule has 1 N–H and O–H groups in total. The molecule has 0 heterocycles. The van der Waals surface area contributed by atoms with E-state index in [-0.39, 0.29) is 0 Å². The Labute approximate surface area is 106 Å². The molecule has 0 saturated heterocycles. The van der Waals surface area contributed by atoms with E-state index >= 15 is 0 Å². The molecule has 2 unspecified atom stereocenters. The van der Waals surface area contributed by atoms with Gasteiger partial charge in [-0.15, -0.1) is 0 Å². The van der Waals surface area contributed by atoms with Crippen LogP contribution in [0.15, 0.2) is 30.3 Å². The summed E-state index contributed by atoms with van der Waals surface area (Å²) in [6.07, 6.45) is 6.90. The molecule has 0 aromatic heterocycles. The van der Waals surface area contributed by atoms with Gasteiger partial charge in [-0.1, -0.05) is 50.1 Å². The lowest BCUT2D eigenvalue weighted by Gasteiger charge is -2.26. The molecule has 1 saturated carbocycles. The Bertz CT molecular complexity index is 307. The Morgan fingerprint density at radius 2 is 2.00 bits per heavy atom. The van der Waals surface area contributed by atoms with Crippen molar-refractivity contribution in [2.75, 3.05) is 13.1 Å². The maximum atomic E-state index is 3.62. The lowest BCUT2D eigenvalue weighted by Crippen LogP contribution is -2.28. The van der Waals surface area contributed by atoms with Crippen LogP contribution in [-0.4, -0.2) is 13.1 Å². The van der Waals surface area contributed by atoms with Gasteiger partial charge in [0.25, 0.3) is 0 Å². The van der Waals surface area contributed by atoms with E-state index < -0.39 is 0 Å². The highest BCUT2D eigenvalue weighted by Gasteiger charge is 2.17. The lowest BCUT2D eigenvalue weighted by atomic mass is 9.82. The number of hydrogen-bond donors (Lipinski definition) is 1. The molecule has 0 spiro atoms. The highest BCUT2D eigenvalue weighted by molar-refractivity contribution is 5.14. The normalized spacial score (nSPS) is 24.8. The Kier molecular flexibility index (Phi) is 5.06. The van der Waals surface area contributed by atoms with Crippen LogP contribution in [-0.2, 0) is 6.42 Å². The van der Waals surface area contributed by atoms with E-state index in [2.05, 4.69) is 42.6 Å². The summed E-state index contributed by atoms with van der Waals surface area (Å²) < 4.78 is 0. The second-order valence-electron chi connectivity index (χ2n) is 5.58. The molecule has 0 bridgehead atoms. The zero-order chi connectivity index (χ0) is 11.9. The summed E-state index contributed by atoms with van der Waals surface area (Å²) in [5.41, 5.74) is 1.44. The third-order valence-corrected chi connectivity index (χ3v) is 3.91. The first-order valence-corrected chi connectivity index (χ1v) is 7.09. The molecule has 1 aromatic carbocycles. The van der Waals surface area contributed by atoms with Gasteiger partial charge in [0.1, 0.15) is 0 Å². The van der Waals surface area contributed by atoms with Gasteiger partial charge in [-0.3, -0.25) is 0 Å². The first-order chi connectivity index (χ1) is 8.34. The fourth-order valence-electron chi connectivity index (χ4n) is 2.93. The molecule has 0 aliphatic heterocycles. The maximum absolute atomic E-state index is 3.62. The molecular formula is C16H25N. The van der Waals surface area contributed by atoms with E-state index in [4.69, 9.17) is 0 Å². The third-order valence-electron chi connectivity index (χ3n) is 3.91. The predicted octanol–water partition coefficient (Wildman–Crippen LogP) is 3.65. The lowest BCUT2D eigenvalue weighted by molar-refractivity contribution is 0.275. The summed E-state index contributed by atoms with van der Waals surface area (Å²) >= 11 is 0. The molecule has 17 heavy (non-hydrogen) atoms. The molecule has 1 aromatic rings. The van der Waals surface area contributed by atoms with Crippen molar-refractivity contribution in [2.24, 2.45) is 11.8 Å². The zero-order valence-corrected chi connectivity index (χ0v) is 11.0. The first-order valence-electron chi connectivity index (χ1n) is 7.09. The van der Waals surface area contributed by atoms with E-state index in [9.17, 15) is 0 Å². The molecule has 1 fully saturated rings. The maximum Gasteiger partial charge on any atom is -0.000824 e. The van der Waals surface area contributed by atoms with Crippen LogP contribution in [0.3, 0.4) is 0 Å². The van der Waals surface area contributed by atoms with Gasteiger partial charge in [0, 0.05) is 0 Å². The zero-order valence-electron chi connectivity index (χ0n) is 11.0. The van der Waals surface area contributed by atoms with Crippen LogP contribution >= 0.6 is 0 Å². The van der Waals surface area contributed by atoms with Crippen molar-refractivity contribution in [1.29, 1.82) is 0 Å². The summed E-state index contributed by atoms with van der Waals surface area (Å²) in [5, 5.41) is 3.62. The summed E-state index contributed by atoms with van der Waals surface area (Å²) in [6.45, 7) is 4.74. The van der Waals surface area contributed by atoms with Gasteiger partial charge in [0.2, 0.25) is 0 Å². The topological polar surface area (TPSA) is 12.0 Å². The number of benzene rings is 1. The smallest absolute Gasteiger partial charge is 0.000824 e. The van der Waals surface area contributed by atoms with Gasteiger partial charge in [0.15, 0.2) is 0 Å². The molecule has 1 heteroatoms. The Hall–Kier alpha value is -0.820. The molecule has 2 atom stereocenters. The van der Waals surface area contributed by atoms with Crippen molar-refractivity contribution in [3.63, 3.8) is 0 Å². The molecule has 1 aliphatic carbocycles. The van der Waals surface area contributed by atoms with Gasteiger partial charge in [0.05, 0.1) is 0 Å². The highest BCUT2D eigenvalue weighted by Crippen LogP contribution is 2.27. The van der Waals surface area contributed by atoms with Crippen LogP contribution in [0.2, 0.25) is 0 Å². The van der Waals surface area contributed by atoms with Gasteiger partial charge in [-0.2, -0.15) is 0 Å². The largest absolute Gasteiger partial charge is 0.316 e. The molecule has 1 aliphatic rings. The summed E-state index contributed by atoms with van der Waals surface area (Å²) in [7, 11) is 0. The van der Waals surface area contributed by atoms with Crippen LogP contribution in [0, 0.1) is 11.8 Å². The Balaban J connectivity index is 1.60. The van der Waals surface area contributed by atoms with Crippen molar-refractivity contribution in [1.82, 2.24) is 5.32 Å². The molecular weight excluding hydrogens is 206 g/mol. The van der Waals surface area contributed by atoms with E-state index in [1.54, 1.807) is 0 Å². The summed E-state index contributed by atoms with van der Waals surface area (Å²) in [6, 6.07) is 10.8. The quantitative estimate of drug-likeness (QED) is 0.763. The van der Waals surface area contributed by atoms with Gasteiger partial charge < -0.3 is 5.32 Å². The first kappa shape index (κ1) is 12.6. The van der Waals surface area contributed by atoms with Crippen LogP contribution in [0.25, 0.3) is 0 Å². The van der Waals surface area contributed by atoms with Crippen LogP contribution in [0.1, 0.15) is 38.2 Å². The standard InChI is InChI=1S/C16H25N/c1-14-6-5-9-16(12-14)13-17-11-10-15-7-3-2-4-8-15/h2-4,7-8,14,16-17H,5-6,9-13H2,1H3. The molecule has 2 rings (SSSR count). The third kappa shape index (κ3) is 4.51. The number of rotatable bonds is 5. The van der Waals surface area contributed by atoms with Crippen molar-refractivity contribution in [2.45, 2.75) is 39.0 Å². The molecule has 94 valence electrons. The van der Waals surface area contributed by atoms with Crippen LogP contribution < -0.4 is 5.32 Å². The predicted molar refractivity (Wildman–Crippen MR) is 74.1 cm³/mol.